The summed E-state index contributed by atoms with van der Waals surface area (Å²) >= 11 is 0. The molecule has 0 radical (unpaired) electrons. The summed E-state index contributed by atoms with van der Waals surface area (Å²) in [5.41, 5.74) is -1.08. The van der Waals surface area contributed by atoms with E-state index in [1.54, 1.807) is 17.0 Å². The standard InChI is InChI=1S/C19H27FN2O3/c1-21(16-6-2-3-7-16)12-18(23)22-10-9-19(24,13-22)14-25-17-8-4-5-15(20)11-17/h4-5,8,11,16,24H,2-3,6-7,9-10,12-14H2,1H3/t19-/m0/s1. The number of hydrogen-bond acceptors (Lipinski definition) is 4. The van der Waals surface area contributed by atoms with E-state index in [1.165, 1.54) is 25.0 Å². The van der Waals surface area contributed by atoms with Crippen molar-refractivity contribution in [2.45, 2.75) is 43.7 Å². The minimum atomic E-state index is -1.08. The molecule has 3 rings (SSSR count). The Morgan fingerprint density at radius 3 is 2.92 bits per heavy atom. The number of aliphatic hydroxyl groups is 1. The first-order valence-electron chi connectivity index (χ1n) is 9.04. The highest BCUT2D eigenvalue weighted by molar-refractivity contribution is 5.78. The van der Waals surface area contributed by atoms with Crippen molar-refractivity contribution in [1.82, 2.24) is 9.80 Å². The Labute approximate surface area is 148 Å². The molecule has 1 saturated heterocycles. The molecule has 1 aromatic carbocycles. The maximum Gasteiger partial charge on any atom is 0.236 e. The first-order chi connectivity index (χ1) is 12.0. The molecular formula is C19H27FN2O3. The second kappa shape index (κ2) is 7.70. The highest BCUT2D eigenvalue weighted by Crippen LogP contribution is 2.25. The lowest BCUT2D eigenvalue weighted by Gasteiger charge is -2.27. The third-order valence-electron chi connectivity index (χ3n) is 5.32. The molecule has 1 heterocycles. The quantitative estimate of drug-likeness (QED) is 0.853. The van der Waals surface area contributed by atoms with Crippen LogP contribution >= 0.6 is 0 Å². The normalized spacial score (nSPS) is 24.2. The molecule has 138 valence electrons. The number of β-amino-alcohol motifs (C(OH)–C–C–N with tert-alkyl or cyclic N) is 1. The number of rotatable bonds is 6. The highest BCUT2D eigenvalue weighted by atomic mass is 19.1. The van der Waals surface area contributed by atoms with Crippen molar-refractivity contribution in [3.05, 3.63) is 30.1 Å². The van der Waals surface area contributed by atoms with Crippen LogP contribution in [0, 0.1) is 5.82 Å². The fraction of sp³-hybridized carbons (Fsp3) is 0.632. The average molecular weight is 350 g/mol. The number of benzene rings is 1. The minimum absolute atomic E-state index is 0.0519. The Balaban J connectivity index is 1.48. The molecule has 0 unspecified atom stereocenters. The predicted molar refractivity (Wildman–Crippen MR) is 92.9 cm³/mol. The van der Waals surface area contributed by atoms with E-state index in [2.05, 4.69) is 4.90 Å². The molecule has 0 aromatic heterocycles. The van der Waals surface area contributed by atoms with Gasteiger partial charge < -0.3 is 14.7 Å². The van der Waals surface area contributed by atoms with E-state index in [9.17, 15) is 14.3 Å². The van der Waals surface area contributed by atoms with Crippen molar-refractivity contribution in [1.29, 1.82) is 0 Å². The fourth-order valence-corrected chi connectivity index (χ4v) is 3.75. The van der Waals surface area contributed by atoms with Crippen molar-refractivity contribution < 1.29 is 19.0 Å². The van der Waals surface area contributed by atoms with Gasteiger partial charge in [0.2, 0.25) is 5.91 Å². The zero-order chi connectivity index (χ0) is 17.9. The molecule has 1 N–H and O–H groups in total. The summed E-state index contributed by atoms with van der Waals surface area (Å²) in [5.74, 6) is 0.0675. The van der Waals surface area contributed by atoms with Crippen LogP contribution in [-0.4, -0.2) is 65.7 Å². The molecule has 1 aliphatic heterocycles. The van der Waals surface area contributed by atoms with Crippen LogP contribution in [0.2, 0.25) is 0 Å². The molecule has 6 heteroatoms. The first-order valence-corrected chi connectivity index (χ1v) is 9.04. The van der Waals surface area contributed by atoms with Crippen LogP contribution < -0.4 is 4.74 Å². The van der Waals surface area contributed by atoms with Gasteiger partial charge >= 0.3 is 0 Å². The number of carbonyl (C=O) groups excluding carboxylic acids is 1. The molecule has 25 heavy (non-hydrogen) atoms. The summed E-state index contributed by atoms with van der Waals surface area (Å²) in [7, 11) is 2.00. The second-order valence-electron chi connectivity index (χ2n) is 7.39. The summed E-state index contributed by atoms with van der Waals surface area (Å²) in [6, 6.07) is 6.36. The average Bonchev–Trinajstić information content (AvgIpc) is 3.23. The zero-order valence-electron chi connectivity index (χ0n) is 14.8. The zero-order valence-corrected chi connectivity index (χ0v) is 14.8. The first kappa shape index (κ1) is 18.1. The number of hydrogen-bond donors (Lipinski definition) is 1. The number of amides is 1. The summed E-state index contributed by atoms with van der Waals surface area (Å²) in [5, 5.41) is 10.7. The van der Waals surface area contributed by atoms with Crippen LogP contribution in [0.3, 0.4) is 0 Å². The van der Waals surface area contributed by atoms with Gasteiger partial charge in [-0.05, 0) is 38.4 Å². The van der Waals surface area contributed by atoms with Gasteiger partial charge in [-0.15, -0.1) is 0 Å². The maximum absolute atomic E-state index is 13.2. The van der Waals surface area contributed by atoms with Crippen molar-refractivity contribution in [3.8, 4) is 5.75 Å². The summed E-state index contributed by atoms with van der Waals surface area (Å²) < 4.78 is 18.7. The van der Waals surface area contributed by atoms with E-state index >= 15 is 0 Å². The molecule has 0 bridgehead atoms. The van der Waals surface area contributed by atoms with E-state index in [1.807, 2.05) is 7.05 Å². The molecule has 2 fully saturated rings. The fourth-order valence-electron chi connectivity index (χ4n) is 3.75. The smallest absolute Gasteiger partial charge is 0.236 e. The molecule has 1 aromatic rings. The van der Waals surface area contributed by atoms with Crippen LogP contribution in [-0.2, 0) is 4.79 Å². The van der Waals surface area contributed by atoms with Crippen LogP contribution in [0.1, 0.15) is 32.1 Å². The third-order valence-corrected chi connectivity index (χ3v) is 5.32. The molecule has 1 aliphatic carbocycles. The van der Waals surface area contributed by atoms with Crippen LogP contribution in [0.4, 0.5) is 4.39 Å². The van der Waals surface area contributed by atoms with Gasteiger partial charge in [-0.1, -0.05) is 18.9 Å². The molecule has 2 aliphatic rings. The number of likely N-dealkylation sites (N-methyl/N-ethyl adjacent to an activating group) is 1. The molecular weight excluding hydrogens is 323 g/mol. The summed E-state index contributed by atoms with van der Waals surface area (Å²) in [4.78, 5) is 16.3. The van der Waals surface area contributed by atoms with Crippen molar-refractivity contribution in [3.63, 3.8) is 0 Å². The molecule has 5 nitrogen and oxygen atoms in total. The lowest BCUT2D eigenvalue weighted by atomic mass is 10.1. The van der Waals surface area contributed by atoms with Crippen LogP contribution in [0.5, 0.6) is 5.75 Å². The number of carbonyl (C=O) groups is 1. The molecule has 1 saturated carbocycles. The molecule has 1 amide bonds. The molecule has 1 atom stereocenters. The number of nitrogens with zero attached hydrogens (tertiary/aromatic N) is 2. The van der Waals surface area contributed by atoms with Gasteiger partial charge in [0.25, 0.3) is 0 Å². The van der Waals surface area contributed by atoms with Crippen molar-refractivity contribution >= 4 is 5.91 Å². The van der Waals surface area contributed by atoms with Crippen LogP contribution in [0.25, 0.3) is 0 Å². The predicted octanol–water partition coefficient (Wildman–Crippen LogP) is 2.04. The molecule has 0 spiro atoms. The van der Waals surface area contributed by atoms with E-state index in [0.29, 0.717) is 31.3 Å². The number of halogens is 1. The van der Waals surface area contributed by atoms with Crippen LogP contribution in [0.15, 0.2) is 24.3 Å². The minimum Gasteiger partial charge on any atom is -0.490 e. The highest BCUT2D eigenvalue weighted by Gasteiger charge is 2.39. The number of likely N-dealkylation sites (tertiary alicyclic amines) is 1. The Morgan fingerprint density at radius 2 is 2.20 bits per heavy atom. The van der Waals surface area contributed by atoms with E-state index in [0.717, 1.165) is 12.8 Å². The van der Waals surface area contributed by atoms with Crippen molar-refractivity contribution in [2.24, 2.45) is 0 Å². The van der Waals surface area contributed by atoms with Crippen molar-refractivity contribution in [2.75, 3.05) is 33.3 Å². The lowest BCUT2D eigenvalue weighted by Crippen LogP contribution is -2.44. The van der Waals surface area contributed by atoms with E-state index < -0.39 is 5.60 Å². The van der Waals surface area contributed by atoms with Gasteiger partial charge in [0.05, 0.1) is 13.1 Å². The van der Waals surface area contributed by atoms with E-state index in [4.69, 9.17) is 4.74 Å². The number of ether oxygens (including phenoxy) is 1. The lowest BCUT2D eigenvalue weighted by molar-refractivity contribution is -0.132. The van der Waals surface area contributed by atoms with Gasteiger partial charge in [-0.25, -0.2) is 4.39 Å². The Hall–Kier alpha value is -1.66. The summed E-state index contributed by atoms with van der Waals surface area (Å²) in [6.07, 6.45) is 5.28. The van der Waals surface area contributed by atoms with Gasteiger partial charge in [-0.3, -0.25) is 9.69 Å². The van der Waals surface area contributed by atoms with Gasteiger partial charge in [0.1, 0.15) is 23.8 Å². The third kappa shape index (κ3) is 4.70. The van der Waals surface area contributed by atoms with Gasteiger partial charge in [-0.2, -0.15) is 0 Å². The monoisotopic (exact) mass is 350 g/mol. The Morgan fingerprint density at radius 1 is 1.44 bits per heavy atom. The summed E-state index contributed by atoms with van der Waals surface area (Å²) in [6.45, 7) is 1.24. The largest absolute Gasteiger partial charge is 0.490 e. The Kier molecular flexibility index (Phi) is 5.59. The van der Waals surface area contributed by atoms with Gasteiger partial charge in [0.15, 0.2) is 0 Å². The Bertz CT molecular complexity index is 606. The SMILES string of the molecule is CN(CC(=O)N1CC[C@@](O)(COc2cccc(F)c2)C1)C1CCCC1. The van der Waals surface area contributed by atoms with Gasteiger partial charge in [0, 0.05) is 18.7 Å². The van der Waals surface area contributed by atoms with E-state index in [-0.39, 0.29) is 24.9 Å². The maximum atomic E-state index is 13.2. The topological polar surface area (TPSA) is 53.0 Å². The second-order valence-corrected chi connectivity index (χ2v) is 7.39.